The Kier molecular flexibility index (Phi) is 3.92. The summed E-state index contributed by atoms with van der Waals surface area (Å²) in [6, 6.07) is 4.39. The van der Waals surface area contributed by atoms with Crippen LogP contribution in [0.25, 0.3) is 5.69 Å². The van der Waals surface area contributed by atoms with Crippen molar-refractivity contribution in [2.24, 2.45) is 0 Å². The first-order chi connectivity index (χ1) is 11.0. The van der Waals surface area contributed by atoms with Crippen LogP contribution < -0.4 is 10.2 Å². The van der Waals surface area contributed by atoms with Gasteiger partial charge in [-0.3, -0.25) is 14.3 Å². The fourth-order valence-electron chi connectivity index (χ4n) is 2.29. The third-order valence-electron chi connectivity index (χ3n) is 3.39. The molecule has 23 heavy (non-hydrogen) atoms. The van der Waals surface area contributed by atoms with Gasteiger partial charge in [-0.2, -0.15) is 0 Å². The lowest BCUT2D eigenvalue weighted by Gasteiger charge is -2.14. The van der Waals surface area contributed by atoms with E-state index in [4.69, 9.17) is 4.74 Å². The number of halogens is 1. The van der Waals surface area contributed by atoms with Gasteiger partial charge in [0.05, 0.1) is 24.5 Å². The molecule has 1 N–H and O–H groups in total. The maximum absolute atomic E-state index is 14.2. The maximum atomic E-state index is 14.2. The average molecular weight is 319 g/mol. The number of hydrogen-bond acceptors (Lipinski definition) is 5. The number of ether oxygens (including phenoxy) is 1. The highest BCUT2D eigenvalue weighted by Gasteiger charge is 2.32. The van der Waals surface area contributed by atoms with E-state index in [0.29, 0.717) is 5.69 Å². The molecule has 2 amide bonds. The van der Waals surface area contributed by atoms with Gasteiger partial charge in [0.2, 0.25) is 5.91 Å². The predicted octanol–water partition coefficient (Wildman–Crippen LogP) is 0.868. The summed E-state index contributed by atoms with van der Waals surface area (Å²) in [6.45, 7) is 1.84. The Balaban J connectivity index is 1.76. The van der Waals surface area contributed by atoms with Gasteiger partial charge in [-0.25, -0.2) is 9.18 Å². The van der Waals surface area contributed by atoms with Crippen molar-refractivity contribution in [1.82, 2.24) is 20.1 Å². The molecular weight excluding hydrogens is 305 g/mol. The number of anilines is 1. The first kappa shape index (κ1) is 14.9. The van der Waals surface area contributed by atoms with Crippen molar-refractivity contribution in [1.29, 1.82) is 0 Å². The predicted molar refractivity (Wildman–Crippen MR) is 77.6 cm³/mol. The normalized spacial score (nSPS) is 17.2. The first-order valence-corrected chi connectivity index (χ1v) is 6.91. The quantitative estimate of drug-likeness (QED) is 0.903. The summed E-state index contributed by atoms with van der Waals surface area (Å²) in [5, 5.41) is 9.83. The fraction of sp³-hybridized carbons (Fsp3) is 0.286. The van der Waals surface area contributed by atoms with E-state index in [1.165, 1.54) is 41.2 Å². The minimum atomic E-state index is -0.572. The molecule has 1 atom stereocenters. The molecule has 1 aliphatic rings. The molecule has 1 aliphatic heterocycles. The number of rotatable bonds is 4. The Morgan fingerprint density at radius 2 is 2.17 bits per heavy atom. The fourth-order valence-corrected chi connectivity index (χ4v) is 2.29. The third-order valence-corrected chi connectivity index (χ3v) is 3.39. The monoisotopic (exact) mass is 319 g/mol. The second kappa shape index (κ2) is 6.03. The Hall–Kier alpha value is -2.97. The molecule has 3 rings (SSSR count). The van der Waals surface area contributed by atoms with Crippen molar-refractivity contribution >= 4 is 17.7 Å². The first-order valence-electron chi connectivity index (χ1n) is 6.91. The number of nitrogens with zero attached hydrogens (tertiary/aromatic N) is 4. The molecule has 0 aliphatic carbocycles. The van der Waals surface area contributed by atoms with Crippen LogP contribution in [0, 0.1) is 5.82 Å². The number of amides is 2. The van der Waals surface area contributed by atoms with E-state index in [0.717, 1.165) is 0 Å². The molecule has 0 radical (unpaired) electrons. The number of cyclic esters (lactones) is 1. The SMILES string of the molecule is CC(=O)NCC1CN(c2ccc(-n3cnnc3)c(F)c2)C(=O)O1. The van der Waals surface area contributed by atoms with Gasteiger partial charge in [0, 0.05) is 6.92 Å². The van der Waals surface area contributed by atoms with Crippen LogP contribution in [0.1, 0.15) is 6.92 Å². The van der Waals surface area contributed by atoms with Gasteiger partial charge in [0.15, 0.2) is 0 Å². The smallest absolute Gasteiger partial charge is 0.414 e. The van der Waals surface area contributed by atoms with E-state index in [9.17, 15) is 14.0 Å². The Bertz CT molecular complexity index is 734. The number of carbonyl (C=O) groups excluding carboxylic acids is 2. The summed E-state index contributed by atoms with van der Waals surface area (Å²) >= 11 is 0. The van der Waals surface area contributed by atoms with Crippen LogP contribution in [0.15, 0.2) is 30.9 Å². The Morgan fingerprint density at radius 1 is 1.43 bits per heavy atom. The molecular formula is C14H14FN5O3. The zero-order chi connectivity index (χ0) is 16.4. The summed E-state index contributed by atoms with van der Waals surface area (Å²) in [7, 11) is 0. The molecule has 8 nitrogen and oxygen atoms in total. The molecule has 2 aromatic rings. The summed E-state index contributed by atoms with van der Waals surface area (Å²) in [4.78, 5) is 24.1. The summed E-state index contributed by atoms with van der Waals surface area (Å²) in [5.41, 5.74) is 0.663. The van der Waals surface area contributed by atoms with Crippen molar-refractivity contribution < 1.29 is 18.7 Å². The molecule has 1 unspecified atom stereocenters. The Labute approximate surface area is 130 Å². The second-order valence-electron chi connectivity index (χ2n) is 5.06. The summed E-state index contributed by atoms with van der Waals surface area (Å²) in [6.07, 6.45) is 1.72. The van der Waals surface area contributed by atoms with Crippen molar-refractivity contribution in [3.05, 3.63) is 36.7 Å². The minimum Gasteiger partial charge on any atom is -0.442 e. The Morgan fingerprint density at radius 3 is 2.83 bits per heavy atom. The molecule has 9 heteroatoms. The summed E-state index contributed by atoms with van der Waals surface area (Å²) in [5.74, 6) is -0.718. The zero-order valence-electron chi connectivity index (χ0n) is 12.3. The van der Waals surface area contributed by atoms with Crippen molar-refractivity contribution in [3.63, 3.8) is 0 Å². The topological polar surface area (TPSA) is 89.4 Å². The standard InChI is InChI=1S/C14H14FN5O3/c1-9(21)16-5-11-6-20(14(22)23-11)10-2-3-13(12(15)4-10)19-7-17-18-8-19/h2-4,7-8,11H,5-6H2,1H3,(H,16,21). The number of hydrogen-bond donors (Lipinski definition) is 1. The van der Waals surface area contributed by atoms with Crippen LogP contribution in [0.3, 0.4) is 0 Å². The van der Waals surface area contributed by atoms with Gasteiger partial charge in [-0.05, 0) is 18.2 Å². The number of aromatic nitrogens is 3. The lowest BCUT2D eigenvalue weighted by molar-refractivity contribution is -0.119. The lowest BCUT2D eigenvalue weighted by atomic mass is 10.2. The minimum absolute atomic E-state index is 0.205. The molecule has 1 aromatic heterocycles. The second-order valence-corrected chi connectivity index (χ2v) is 5.06. The van der Waals surface area contributed by atoms with Crippen LogP contribution in [-0.4, -0.2) is 46.0 Å². The van der Waals surface area contributed by atoms with Gasteiger partial charge in [0.25, 0.3) is 0 Å². The van der Waals surface area contributed by atoms with Crippen molar-refractivity contribution in [3.8, 4) is 5.69 Å². The molecule has 120 valence electrons. The van der Waals surface area contributed by atoms with Gasteiger partial charge >= 0.3 is 6.09 Å². The molecule has 0 saturated carbocycles. The van der Waals surface area contributed by atoms with E-state index >= 15 is 0 Å². The molecule has 0 spiro atoms. The highest BCUT2D eigenvalue weighted by atomic mass is 19.1. The average Bonchev–Trinajstić information content (AvgIpc) is 3.14. The van der Waals surface area contributed by atoms with Gasteiger partial charge in [0.1, 0.15) is 24.6 Å². The van der Waals surface area contributed by atoms with Crippen LogP contribution >= 0.6 is 0 Å². The lowest BCUT2D eigenvalue weighted by Crippen LogP contribution is -2.33. The van der Waals surface area contributed by atoms with Crippen molar-refractivity contribution in [2.45, 2.75) is 13.0 Å². The van der Waals surface area contributed by atoms with E-state index in [1.807, 2.05) is 0 Å². The van der Waals surface area contributed by atoms with Gasteiger partial charge < -0.3 is 10.1 Å². The van der Waals surface area contributed by atoms with Crippen LogP contribution in [0.2, 0.25) is 0 Å². The van der Waals surface area contributed by atoms with E-state index in [-0.39, 0.29) is 24.7 Å². The highest BCUT2D eigenvalue weighted by Crippen LogP contribution is 2.25. The number of nitrogens with one attached hydrogen (secondary N) is 1. The maximum Gasteiger partial charge on any atom is 0.414 e. The zero-order valence-corrected chi connectivity index (χ0v) is 12.3. The van der Waals surface area contributed by atoms with E-state index in [1.54, 1.807) is 6.07 Å². The number of carbonyl (C=O) groups is 2. The molecule has 0 bridgehead atoms. The van der Waals surface area contributed by atoms with E-state index in [2.05, 4.69) is 15.5 Å². The molecule has 1 fully saturated rings. The highest BCUT2D eigenvalue weighted by molar-refractivity contribution is 5.90. The van der Waals surface area contributed by atoms with Crippen LogP contribution in [-0.2, 0) is 9.53 Å². The number of benzene rings is 1. The third kappa shape index (κ3) is 3.12. The largest absolute Gasteiger partial charge is 0.442 e. The van der Waals surface area contributed by atoms with Crippen LogP contribution in [0.4, 0.5) is 14.9 Å². The van der Waals surface area contributed by atoms with E-state index < -0.39 is 18.0 Å². The molecule has 2 heterocycles. The molecule has 1 aromatic carbocycles. The van der Waals surface area contributed by atoms with Gasteiger partial charge in [-0.15, -0.1) is 10.2 Å². The van der Waals surface area contributed by atoms with Crippen LogP contribution in [0.5, 0.6) is 0 Å². The summed E-state index contributed by atoms with van der Waals surface area (Å²) < 4.78 is 20.8. The molecule has 1 saturated heterocycles. The van der Waals surface area contributed by atoms with Gasteiger partial charge in [-0.1, -0.05) is 0 Å². The van der Waals surface area contributed by atoms with Crippen molar-refractivity contribution in [2.75, 3.05) is 18.0 Å².